The zero-order valence-corrected chi connectivity index (χ0v) is 16.5. The first kappa shape index (κ1) is 19.4. The molecule has 0 spiro atoms. The summed E-state index contributed by atoms with van der Waals surface area (Å²) in [4.78, 5) is 12.4. The highest BCUT2D eigenvalue weighted by molar-refractivity contribution is 5.94. The molecule has 0 aliphatic carbocycles. The van der Waals surface area contributed by atoms with Gasteiger partial charge in [0.1, 0.15) is 12.4 Å². The molecule has 1 heterocycles. The van der Waals surface area contributed by atoms with Crippen LogP contribution in [-0.4, -0.2) is 25.0 Å². The van der Waals surface area contributed by atoms with Crippen LogP contribution in [0.2, 0.25) is 0 Å². The molecule has 0 aromatic heterocycles. The van der Waals surface area contributed by atoms with Crippen molar-refractivity contribution in [2.75, 3.05) is 13.1 Å². The first-order valence-electron chi connectivity index (χ1n) is 9.76. The van der Waals surface area contributed by atoms with Gasteiger partial charge in [-0.2, -0.15) is 0 Å². The smallest absolute Gasteiger partial charge is 0.251 e. The fourth-order valence-electron chi connectivity index (χ4n) is 3.21. The summed E-state index contributed by atoms with van der Waals surface area (Å²) in [6.45, 7) is 9.03. The Morgan fingerprint density at radius 1 is 1.04 bits per heavy atom. The average Bonchev–Trinajstić information content (AvgIpc) is 2.67. The number of ether oxygens (including phenoxy) is 1. The summed E-state index contributed by atoms with van der Waals surface area (Å²) < 4.78 is 5.87. The molecular weight excluding hydrogens is 336 g/mol. The zero-order valence-electron chi connectivity index (χ0n) is 16.5. The van der Waals surface area contributed by atoms with Crippen LogP contribution in [0.15, 0.2) is 48.5 Å². The van der Waals surface area contributed by atoms with E-state index in [1.54, 1.807) is 0 Å². The van der Waals surface area contributed by atoms with Gasteiger partial charge in [0, 0.05) is 11.6 Å². The second-order valence-corrected chi connectivity index (χ2v) is 8.26. The highest BCUT2D eigenvalue weighted by atomic mass is 16.5. The second kappa shape index (κ2) is 8.57. The lowest BCUT2D eigenvalue weighted by atomic mass is 9.87. The van der Waals surface area contributed by atoms with E-state index in [9.17, 15) is 4.79 Å². The average molecular weight is 367 g/mol. The van der Waals surface area contributed by atoms with E-state index in [0.717, 1.165) is 37.2 Å². The number of carbonyl (C=O) groups is 1. The van der Waals surface area contributed by atoms with Crippen LogP contribution in [0.3, 0.4) is 0 Å². The summed E-state index contributed by atoms with van der Waals surface area (Å²) in [6, 6.07) is 16.2. The van der Waals surface area contributed by atoms with Crippen molar-refractivity contribution in [2.24, 2.45) is 0 Å². The van der Waals surface area contributed by atoms with Crippen molar-refractivity contribution in [3.8, 4) is 5.75 Å². The maximum absolute atomic E-state index is 12.4. The first-order valence-corrected chi connectivity index (χ1v) is 9.76. The summed E-state index contributed by atoms with van der Waals surface area (Å²) in [5.74, 6) is 0.864. The minimum atomic E-state index is 0.00661. The third-order valence-corrected chi connectivity index (χ3v) is 5.02. The van der Waals surface area contributed by atoms with E-state index in [1.165, 1.54) is 5.56 Å². The molecule has 0 saturated carbocycles. The maximum Gasteiger partial charge on any atom is 0.251 e. The Morgan fingerprint density at radius 2 is 1.67 bits per heavy atom. The van der Waals surface area contributed by atoms with Gasteiger partial charge in [0.2, 0.25) is 0 Å². The van der Waals surface area contributed by atoms with Crippen molar-refractivity contribution in [2.45, 2.75) is 51.7 Å². The largest absolute Gasteiger partial charge is 0.489 e. The van der Waals surface area contributed by atoms with Gasteiger partial charge >= 0.3 is 0 Å². The number of carbonyl (C=O) groups excluding carboxylic acids is 1. The normalized spacial score (nSPS) is 15.4. The number of nitrogens with one attached hydrogen (secondary N) is 2. The Kier molecular flexibility index (Phi) is 6.17. The quantitative estimate of drug-likeness (QED) is 0.839. The van der Waals surface area contributed by atoms with E-state index in [1.807, 2.05) is 36.4 Å². The van der Waals surface area contributed by atoms with Crippen LogP contribution < -0.4 is 15.4 Å². The van der Waals surface area contributed by atoms with E-state index >= 15 is 0 Å². The fraction of sp³-hybridized carbons (Fsp3) is 0.435. The van der Waals surface area contributed by atoms with Gasteiger partial charge in [-0.3, -0.25) is 4.79 Å². The Labute approximate surface area is 162 Å². The van der Waals surface area contributed by atoms with Gasteiger partial charge in [0.05, 0.1) is 0 Å². The molecule has 2 aromatic carbocycles. The van der Waals surface area contributed by atoms with Crippen molar-refractivity contribution < 1.29 is 9.53 Å². The Bertz CT molecular complexity index is 739. The second-order valence-electron chi connectivity index (χ2n) is 8.26. The predicted molar refractivity (Wildman–Crippen MR) is 109 cm³/mol. The molecule has 1 aliphatic heterocycles. The molecule has 0 bridgehead atoms. The fourth-order valence-corrected chi connectivity index (χ4v) is 3.21. The van der Waals surface area contributed by atoms with Crippen LogP contribution in [0.25, 0.3) is 0 Å². The van der Waals surface area contributed by atoms with Gasteiger partial charge in [-0.05, 0) is 66.7 Å². The number of hydrogen-bond acceptors (Lipinski definition) is 3. The highest BCUT2D eigenvalue weighted by Gasteiger charge is 2.16. The van der Waals surface area contributed by atoms with Crippen molar-refractivity contribution in [1.29, 1.82) is 0 Å². The van der Waals surface area contributed by atoms with Crippen LogP contribution >= 0.6 is 0 Å². The molecule has 2 aromatic rings. The summed E-state index contributed by atoms with van der Waals surface area (Å²) in [5, 5.41) is 6.43. The molecule has 0 unspecified atom stereocenters. The molecule has 144 valence electrons. The summed E-state index contributed by atoms with van der Waals surface area (Å²) in [5.41, 5.74) is 3.18. The van der Waals surface area contributed by atoms with Crippen LogP contribution in [0.1, 0.15) is 55.1 Å². The lowest BCUT2D eigenvalue weighted by molar-refractivity contribution is 0.0929. The topological polar surface area (TPSA) is 50.4 Å². The minimum absolute atomic E-state index is 0.00661. The van der Waals surface area contributed by atoms with E-state index in [-0.39, 0.29) is 17.4 Å². The number of rotatable bonds is 5. The Balaban J connectivity index is 1.52. The molecule has 27 heavy (non-hydrogen) atoms. The number of hydrogen-bond donors (Lipinski definition) is 2. The van der Waals surface area contributed by atoms with Crippen LogP contribution in [0.5, 0.6) is 5.75 Å². The van der Waals surface area contributed by atoms with Gasteiger partial charge in [-0.1, -0.05) is 45.0 Å². The third-order valence-electron chi connectivity index (χ3n) is 5.02. The molecule has 0 radical (unpaired) electrons. The lowest BCUT2D eigenvalue weighted by Crippen LogP contribution is -2.42. The van der Waals surface area contributed by atoms with E-state index in [2.05, 4.69) is 43.5 Å². The molecule has 1 amide bonds. The van der Waals surface area contributed by atoms with Gasteiger partial charge in [-0.25, -0.2) is 0 Å². The SMILES string of the molecule is CC(C)(C)c1ccc(OCc2ccc(C(=O)NC3CCNCC3)cc2)cc1. The van der Waals surface area contributed by atoms with E-state index in [4.69, 9.17) is 4.74 Å². The highest BCUT2D eigenvalue weighted by Crippen LogP contribution is 2.24. The number of benzene rings is 2. The number of piperidine rings is 1. The molecule has 2 N–H and O–H groups in total. The maximum atomic E-state index is 12.4. The van der Waals surface area contributed by atoms with Gasteiger partial charge < -0.3 is 15.4 Å². The minimum Gasteiger partial charge on any atom is -0.489 e. The molecular formula is C23H30N2O2. The van der Waals surface area contributed by atoms with Crippen molar-refractivity contribution in [3.63, 3.8) is 0 Å². The molecule has 4 heteroatoms. The molecule has 3 rings (SSSR count). The van der Waals surface area contributed by atoms with Gasteiger partial charge in [0.15, 0.2) is 0 Å². The summed E-state index contributed by atoms with van der Waals surface area (Å²) in [6.07, 6.45) is 1.98. The molecule has 4 nitrogen and oxygen atoms in total. The lowest BCUT2D eigenvalue weighted by Gasteiger charge is -2.23. The number of amides is 1. The molecule has 0 atom stereocenters. The van der Waals surface area contributed by atoms with E-state index in [0.29, 0.717) is 12.2 Å². The predicted octanol–water partition coefficient (Wildman–Crippen LogP) is 4.04. The Morgan fingerprint density at radius 3 is 2.26 bits per heavy atom. The van der Waals surface area contributed by atoms with Crippen molar-refractivity contribution in [3.05, 3.63) is 65.2 Å². The summed E-state index contributed by atoms with van der Waals surface area (Å²) in [7, 11) is 0. The van der Waals surface area contributed by atoms with Crippen LogP contribution in [0, 0.1) is 0 Å². The first-order chi connectivity index (χ1) is 12.9. The van der Waals surface area contributed by atoms with Gasteiger partial charge in [0.25, 0.3) is 5.91 Å². The molecule has 1 fully saturated rings. The summed E-state index contributed by atoms with van der Waals surface area (Å²) >= 11 is 0. The van der Waals surface area contributed by atoms with Crippen molar-refractivity contribution in [1.82, 2.24) is 10.6 Å². The third kappa shape index (κ3) is 5.57. The standard InChI is InChI=1S/C23H30N2O2/c1-23(2,3)19-8-10-21(11-9-19)27-16-17-4-6-18(7-5-17)22(26)25-20-12-14-24-15-13-20/h4-11,20,24H,12-16H2,1-3H3,(H,25,26). The zero-order chi connectivity index (χ0) is 19.3. The van der Waals surface area contributed by atoms with E-state index < -0.39 is 0 Å². The monoisotopic (exact) mass is 366 g/mol. The van der Waals surface area contributed by atoms with Crippen LogP contribution in [-0.2, 0) is 12.0 Å². The van der Waals surface area contributed by atoms with Crippen molar-refractivity contribution >= 4 is 5.91 Å². The molecule has 1 saturated heterocycles. The van der Waals surface area contributed by atoms with Gasteiger partial charge in [-0.15, -0.1) is 0 Å². The van der Waals surface area contributed by atoms with Crippen LogP contribution in [0.4, 0.5) is 0 Å². The molecule has 1 aliphatic rings. The Hall–Kier alpha value is -2.33.